The van der Waals surface area contributed by atoms with Gasteiger partial charge in [0.1, 0.15) is 11.9 Å². The van der Waals surface area contributed by atoms with E-state index >= 15 is 0 Å². The van der Waals surface area contributed by atoms with Gasteiger partial charge in [-0.1, -0.05) is 17.7 Å². The van der Waals surface area contributed by atoms with Crippen LogP contribution in [0.1, 0.15) is 11.7 Å². The highest BCUT2D eigenvalue weighted by Crippen LogP contribution is 2.30. The molecule has 0 heterocycles. The van der Waals surface area contributed by atoms with Crippen LogP contribution in [0, 0.1) is 5.82 Å². The summed E-state index contributed by atoms with van der Waals surface area (Å²) in [4.78, 5) is 0. The lowest BCUT2D eigenvalue weighted by Crippen LogP contribution is -2.07. The van der Waals surface area contributed by atoms with Gasteiger partial charge in [-0.3, -0.25) is 0 Å². The zero-order valence-electron chi connectivity index (χ0n) is 7.43. The van der Waals surface area contributed by atoms with Crippen LogP contribution in [0.4, 0.5) is 4.39 Å². The summed E-state index contributed by atoms with van der Waals surface area (Å²) in [5.41, 5.74) is 0.139. The zero-order valence-corrected chi connectivity index (χ0v) is 9.77. The Labute approximate surface area is 94.8 Å². The summed E-state index contributed by atoms with van der Waals surface area (Å²) in [6.45, 7) is 0.0366. The summed E-state index contributed by atoms with van der Waals surface area (Å²) in [5.74, 6) is -0.620. The van der Waals surface area contributed by atoms with Gasteiger partial charge in [-0.05, 0) is 22.0 Å². The summed E-state index contributed by atoms with van der Waals surface area (Å²) in [5, 5.41) is 9.45. The highest BCUT2D eigenvalue weighted by molar-refractivity contribution is 9.10. The molecule has 0 aliphatic carbocycles. The zero-order chi connectivity index (χ0) is 10.7. The first-order valence-corrected chi connectivity index (χ1v) is 5.05. The van der Waals surface area contributed by atoms with Gasteiger partial charge < -0.3 is 9.84 Å². The minimum absolute atomic E-state index is 0.0300. The van der Waals surface area contributed by atoms with E-state index in [-0.39, 0.29) is 17.2 Å². The molecule has 2 nitrogen and oxygen atoms in total. The lowest BCUT2D eigenvalue weighted by Gasteiger charge is -2.11. The van der Waals surface area contributed by atoms with Crippen LogP contribution < -0.4 is 0 Å². The molecule has 1 aromatic rings. The van der Waals surface area contributed by atoms with Crippen molar-refractivity contribution in [3.8, 4) is 0 Å². The van der Waals surface area contributed by atoms with E-state index in [1.54, 1.807) is 6.07 Å². The van der Waals surface area contributed by atoms with Crippen molar-refractivity contribution in [3.05, 3.63) is 33.0 Å². The van der Waals surface area contributed by atoms with Crippen molar-refractivity contribution in [2.24, 2.45) is 0 Å². The summed E-state index contributed by atoms with van der Waals surface area (Å²) in [6, 6.07) is 3.05. The van der Waals surface area contributed by atoms with Crippen molar-refractivity contribution in [2.45, 2.75) is 6.10 Å². The standard InChI is InChI=1S/C9H9BrClFO2/c1-14-4-7(13)5-2-3-6(10)8(11)9(5)12/h2-3,7,13H,4H2,1H3. The van der Waals surface area contributed by atoms with Gasteiger partial charge in [-0.2, -0.15) is 0 Å². The van der Waals surface area contributed by atoms with Crippen LogP contribution in [-0.2, 0) is 4.74 Å². The van der Waals surface area contributed by atoms with Crippen LogP contribution in [-0.4, -0.2) is 18.8 Å². The number of aliphatic hydroxyl groups excluding tert-OH is 1. The Morgan fingerprint density at radius 3 is 2.86 bits per heavy atom. The number of ether oxygens (including phenoxy) is 1. The number of hydrogen-bond donors (Lipinski definition) is 1. The SMILES string of the molecule is COCC(O)c1ccc(Br)c(Cl)c1F. The van der Waals surface area contributed by atoms with Crippen LogP contribution >= 0.6 is 27.5 Å². The number of methoxy groups -OCH3 is 1. The van der Waals surface area contributed by atoms with Crippen molar-refractivity contribution in [1.82, 2.24) is 0 Å². The smallest absolute Gasteiger partial charge is 0.148 e. The first-order valence-electron chi connectivity index (χ1n) is 3.88. The summed E-state index contributed by atoms with van der Waals surface area (Å²) < 4.78 is 18.6. The average Bonchev–Trinajstić information content (AvgIpc) is 2.15. The van der Waals surface area contributed by atoms with Gasteiger partial charge in [0.2, 0.25) is 0 Å². The molecule has 5 heteroatoms. The number of halogens is 3. The van der Waals surface area contributed by atoms with Gasteiger partial charge in [-0.25, -0.2) is 4.39 Å². The van der Waals surface area contributed by atoms with E-state index < -0.39 is 11.9 Å². The van der Waals surface area contributed by atoms with Gasteiger partial charge in [0.25, 0.3) is 0 Å². The molecule has 0 saturated carbocycles. The fourth-order valence-corrected chi connectivity index (χ4v) is 1.52. The molecule has 1 unspecified atom stereocenters. The van der Waals surface area contributed by atoms with Gasteiger partial charge in [0.15, 0.2) is 0 Å². The van der Waals surface area contributed by atoms with Gasteiger partial charge >= 0.3 is 0 Å². The quantitative estimate of drug-likeness (QED) is 0.864. The normalized spacial score (nSPS) is 12.9. The van der Waals surface area contributed by atoms with E-state index in [4.69, 9.17) is 16.3 Å². The molecule has 1 atom stereocenters. The van der Waals surface area contributed by atoms with Crippen LogP contribution in [0.25, 0.3) is 0 Å². The Morgan fingerprint density at radius 2 is 2.29 bits per heavy atom. The molecule has 0 spiro atoms. The molecule has 0 bridgehead atoms. The number of hydrogen-bond acceptors (Lipinski definition) is 2. The van der Waals surface area contributed by atoms with E-state index in [0.29, 0.717) is 4.47 Å². The lowest BCUT2D eigenvalue weighted by molar-refractivity contribution is 0.0621. The predicted octanol–water partition coefficient (Wildman–Crippen LogP) is 2.92. The van der Waals surface area contributed by atoms with Gasteiger partial charge in [-0.15, -0.1) is 0 Å². The Hall–Kier alpha value is -0.160. The van der Waals surface area contributed by atoms with E-state index in [2.05, 4.69) is 15.9 Å². The van der Waals surface area contributed by atoms with Crippen molar-refractivity contribution in [3.63, 3.8) is 0 Å². The van der Waals surface area contributed by atoms with Crippen LogP contribution in [0.3, 0.4) is 0 Å². The van der Waals surface area contributed by atoms with Crippen LogP contribution in [0.5, 0.6) is 0 Å². The third-order valence-electron chi connectivity index (χ3n) is 1.75. The average molecular weight is 284 g/mol. The second kappa shape index (κ2) is 5.07. The third kappa shape index (κ3) is 2.45. The lowest BCUT2D eigenvalue weighted by atomic mass is 10.1. The number of aliphatic hydroxyl groups is 1. The fraction of sp³-hybridized carbons (Fsp3) is 0.333. The molecule has 0 saturated heterocycles. The highest BCUT2D eigenvalue weighted by Gasteiger charge is 2.16. The summed E-state index contributed by atoms with van der Waals surface area (Å²) >= 11 is 8.74. The van der Waals surface area contributed by atoms with Gasteiger partial charge in [0, 0.05) is 17.1 Å². The molecular weight excluding hydrogens is 274 g/mol. The Bertz CT molecular complexity index is 333. The molecule has 0 amide bonds. The van der Waals surface area contributed by atoms with Gasteiger partial charge in [0.05, 0.1) is 11.6 Å². The molecule has 78 valence electrons. The third-order valence-corrected chi connectivity index (χ3v) is 3.01. The highest BCUT2D eigenvalue weighted by atomic mass is 79.9. The van der Waals surface area contributed by atoms with E-state index in [1.165, 1.54) is 13.2 Å². The van der Waals surface area contributed by atoms with E-state index in [0.717, 1.165) is 0 Å². The molecule has 0 radical (unpaired) electrons. The molecule has 1 aromatic carbocycles. The van der Waals surface area contributed by atoms with Crippen molar-refractivity contribution in [1.29, 1.82) is 0 Å². The molecule has 1 N–H and O–H groups in total. The molecule has 14 heavy (non-hydrogen) atoms. The summed E-state index contributed by atoms with van der Waals surface area (Å²) in [6.07, 6.45) is -0.995. The van der Waals surface area contributed by atoms with Crippen molar-refractivity contribution >= 4 is 27.5 Å². The topological polar surface area (TPSA) is 29.5 Å². The van der Waals surface area contributed by atoms with Crippen LogP contribution in [0.2, 0.25) is 5.02 Å². The molecule has 0 aliphatic rings. The molecule has 1 rings (SSSR count). The van der Waals surface area contributed by atoms with Crippen molar-refractivity contribution < 1.29 is 14.2 Å². The monoisotopic (exact) mass is 282 g/mol. The van der Waals surface area contributed by atoms with Crippen LogP contribution in [0.15, 0.2) is 16.6 Å². The predicted molar refractivity (Wildman–Crippen MR) is 55.9 cm³/mol. The van der Waals surface area contributed by atoms with E-state index in [9.17, 15) is 9.50 Å². The second-order valence-electron chi connectivity index (χ2n) is 2.74. The largest absolute Gasteiger partial charge is 0.386 e. The van der Waals surface area contributed by atoms with E-state index in [1.807, 2.05) is 0 Å². The number of benzene rings is 1. The Balaban J connectivity index is 3.04. The molecular formula is C9H9BrClFO2. The maximum absolute atomic E-state index is 13.5. The first kappa shape index (κ1) is 11.9. The minimum atomic E-state index is -0.995. The first-order chi connectivity index (χ1) is 6.57. The molecule has 0 aliphatic heterocycles. The Kier molecular flexibility index (Phi) is 4.31. The summed E-state index contributed by atoms with van der Waals surface area (Å²) in [7, 11) is 1.43. The molecule has 0 fully saturated rings. The number of rotatable bonds is 3. The molecule has 0 aromatic heterocycles. The fourth-order valence-electron chi connectivity index (χ4n) is 1.05. The Morgan fingerprint density at radius 1 is 1.64 bits per heavy atom. The maximum atomic E-state index is 13.5. The van der Waals surface area contributed by atoms with Crippen molar-refractivity contribution in [2.75, 3.05) is 13.7 Å². The maximum Gasteiger partial charge on any atom is 0.148 e. The second-order valence-corrected chi connectivity index (χ2v) is 3.97. The minimum Gasteiger partial charge on any atom is -0.386 e.